The van der Waals surface area contributed by atoms with Crippen molar-refractivity contribution in [2.75, 3.05) is 7.11 Å². The van der Waals surface area contributed by atoms with Gasteiger partial charge in [0.25, 0.3) is 0 Å². The Morgan fingerprint density at radius 1 is 1.27 bits per heavy atom. The van der Waals surface area contributed by atoms with Crippen molar-refractivity contribution in [3.63, 3.8) is 0 Å². The highest BCUT2D eigenvalue weighted by molar-refractivity contribution is 9.10. The second-order valence-electron chi connectivity index (χ2n) is 6.61. The van der Waals surface area contributed by atoms with Crippen LogP contribution in [0, 0.1) is 0 Å². The summed E-state index contributed by atoms with van der Waals surface area (Å²) in [5, 5.41) is -0.169. The van der Waals surface area contributed by atoms with Gasteiger partial charge in [-0.3, -0.25) is 0 Å². The first-order valence-corrected chi connectivity index (χ1v) is 12.0. The van der Waals surface area contributed by atoms with E-state index >= 15 is 0 Å². The number of halogens is 1. The van der Waals surface area contributed by atoms with Gasteiger partial charge in [0, 0.05) is 4.47 Å². The molecule has 0 atom stereocenters. The lowest BCUT2D eigenvalue weighted by atomic mass is 10.2. The van der Waals surface area contributed by atoms with Gasteiger partial charge in [-0.2, -0.15) is 0 Å². The van der Waals surface area contributed by atoms with Gasteiger partial charge in [-0.15, -0.1) is 0 Å². The first-order valence-electron chi connectivity index (χ1n) is 6.74. The Morgan fingerprint density at radius 2 is 1.82 bits per heavy atom. The van der Waals surface area contributed by atoms with Crippen LogP contribution in [0.5, 0.6) is 0 Å². The van der Waals surface area contributed by atoms with Crippen molar-refractivity contribution < 1.29 is 17.9 Å². The van der Waals surface area contributed by atoms with Gasteiger partial charge in [-0.25, -0.2) is 17.6 Å². The molecule has 0 fully saturated rings. The van der Waals surface area contributed by atoms with E-state index in [1.54, 1.807) is 6.07 Å². The van der Waals surface area contributed by atoms with Crippen LogP contribution in [-0.2, 0) is 14.8 Å². The van der Waals surface area contributed by atoms with Gasteiger partial charge in [0.1, 0.15) is 8.24 Å². The van der Waals surface area contributed by atoms with Crippen LogP contribution in [-0.4, -0.2) is 29.7 Å². The molecule has 0 aliphatic heterocycles. The van der Waals surface area contributed by atoms with E-state index in [0.717, 1.165) is 0 Å². The molecule has 1 aromatic carbocycles. The summed E-state index contributed by atoms with van der Waals surface area (Å²) in [5.41, 5.74) is 0.0249. The highest BCUT2D eigenvalue weighted by atomic mass is 79.9. The van der Waals surface area contributed by atoms with Crippen molar-refractivity contribution >= 4 is 40.2 Å². The van der Waals surface area contributed by atoms with Crippen molar-refractivity contribution in [3.05, 3.63) is 28.2 Å². The van der Waals surface area contributed by atoms with Gasteiger partial charge in [0.2, 0.25) is 10.0 Å². The predicted octanol–water partition coefficient (Wildman–Crippen LogP) is 3.52. The summed E-state index contributed by atoms with van der Waals surface area (Å²) in [6.45, 7) is 9.90. The fourth-order valence-corrected chi connectivity index (χ4v) is 7.13. The predicted molar refractivity (Wildman–Crippen MR) is 93.0 cm³/mol. The lowest BCUT2D eigenvalue weighted by Gasteiger charge is -2.36. The maximum Gasteiger partial charge on any atom is 0.339 e. The number of hydrogen-bond donors (Lipinski definition) is 1. The molecule has 5 nitrogen and oxygen atoms in total. The molecule has 1 N–H and O–H groups in total. The Balaban J connectivity index is 3.41. The first kappa shape index (κ1) is 19.3. The number of ether oxygens (including phenoxy) is 1. The van der Waals surface area contributed by atoms with E-state index in [0.29, 0.717) is 4.47 Å². The molecule has 0 aliphatic rings. The van der Waals surface area contributed by atoms with Crippen LogP contribution < -0.4 is 4.39 Å². The Morgan fingerprint density at radius 3 is 2.27 bits per heavy atom. The molecule has 0 aliphatic carbocycles. The van der Waals surface area contributed by atoms with E-state index < -0.39 is 24.2 Å². The molecule has 8 heteroatoms. The Hall–Kier alpha value is -0.703. The molecule has 0 saturated carbocycles. The quantitative estimate of drug-likeness (QED) is 0.611. The monoisotopic (exact) mass is 407 g/mol. The van der Waals surface area contributed by atoms with Gasteiger partial charge in [-0.05, 0) is 23.2 Å². The Kier molecular flexibility index (Phi) is 5.65. The highest BCUT2D eigenvalue weighted by Gasteiger charge is 2.40. The Bertz CT molecular complexity index is 681. The van der Waals surface area contributed by atoms with E-state index in [9.17, 15) is 13.2 Å². The second-order valence-corrected chi connectivity index (χ2v) is 14.5. The van der Waals surface area contributed by atoms with E-state index in [2.05, 4.69) is 25.1 Å². The minimum atomic E-state index is -3.83. The summed E-state index contributed by atoms with van der Waals surface area (Å²) in [4.78, 5) is 11.8. The molecule has 0 bridgehead atoms. The number of esters is 1. The zero-order valence-electron chi connectivity index (χ0n) is 13.7. The van der Waals surface area contributed by atoms with Gasteiger partial charge in [0.15, 0.2) is 0 Å². The summed E-state index contributed by atoms with van der Waals surface area (Å²) in [7, 11) is -4.92. The van der Waals surface area contributed by atoms with Crippen LogP contribution in [0.2, 0.25) is 18.1 Å². The highest BCUT2D eigenvalue weighted by Crippen LogP contribution is 2.35. The molecule has 0 radical (unpaired) electrons. The maximum atomic E-state index is 12.8. The molecule has 1 rings (SSSR count). The molecule has 1 aromatic rings. The molecule has 124 valence electrons. The topological polar surface area (TPSA) is 72.5 Å². The normalized spacial score (nSPS) is 13.0. The van der Waals surface area contributed by atoms with Crippen molar-refractivity contribution in [1.82, 2.24) is 4.39 Å². The van der Waals surface area contributed by atoms with Crippen molar-refractivity contribution in [2.24, 2.45) is 0 Å². The van der Waals surface area contributed by atoms with E-state index in [4.69, 9.17) is 0 Å². The number of hydrogen-bond acceptors (Lipinski definition) is 4. The third-order valence-corrected chi connectivity index (χ3v) is 12.2. The van der Waals surface area contributed by atoms with Crippen LogP contribution >= 0.6 is 15.9 Å². The third kappa shape index (κ3) is 4.18. The van der Waals surface area contributed by atoms with Crippen LogP contribution in [0.15, 0.2) is 27.6 Å². The smallest absolute Gasteiger partial charge is 0.339 e. The van der Waals surface area contributed by atoms with Gasteiger partial charge in [-0.1, -0.05) is 49.8 Å². The lowest BCUT2D eigenvalue weighted by molar-refractivity contribution is 0.0596. The van der Waals surface area contributed by atoms with E-state index in [1.165, 1.54) is 19.2 Å². The van der Waals surface area contributed by atoms with E-state index in [1.807, 2.05) is 33.9 Å². The third-order valence-electron chi connectivity index (χ3n) is 3.90. The van der Waals surface area contributed by atoms with Crippen molar-refractivity contribution in [1.29, 1.82) is 0 Å². The van der Waals surface area contributed by atoms with E-state index in [-0.39, 0.29) is 15.5 Å². The number of rotatable bonds is 4. The lowest BCUT2D eigenvalue weighted by Crippen LogP contribution is -2.54. The number of carbonyl (C=O) groups is 1. The largest absolute Gasteiger partial charge is 0.465 e. The summed E-state index contributed by atoms with van der Waals surface area (Å²) in [5.74, 6) is -0.678. The minimum absolute atomic E-state index is 0.0249. The average molecular weight is 408 g/mol. The standard InChI is InChI=1S/C14H22BrNO4SSi/c1-14(2,3)22(5,6)16-21(18,19)12-9-10(15)7-8-11(12)13(17)20-4/h7-9,16H,1-6H3. The number of sulfonamides is 1. The van der Waals surface area contributed by atoms with Gasteiger partial charge >= 0.3 is 5.97 Å². The number of nitrogens with one attached hydrogen (secondary N) is 1. The maximum absolute atomic E-state index is 12.8. The SMILES string of the molecule is COC(=O)c1ccc(Br)cc1S(=O)(=O)N[Si](C)(C)C(C)(C)C. The van der Waals surface area contributed by atoms with Crippen molar-refractivity contribution in [2.45, 2.75) is 43.8 Å². The fraction of sp³-hybridized carbons (Fsp3) is 0.500. The summed E-state index contributed by atoms with van der Waals surface area (Å²) in [6.07, 6.45) is 0. The summed E-state index contributed by atoms with van der Waals surface area (Å²) >= 11 is 3.25. The van der Waals surface area contributed by atoms with Gasteiger partial charge < -0.3 is 4.74 Å². The summed E-state index contributed by atoms with van der Waals surface area (Å²) < 4.78 is 33.6. The molecule has 0 heterocycles. The second kappa shape index (κ2) is 6.43. The molecule has 0 unspecified atom stereocenters. The molecular formula is C14H22BrNO4SSi. The van der Waals surface area contributed by atoms with Crippen LogP contribution in [0.25, 0.3) is 0 Å². The zero-order chi connectivity index (χ0) is 17.3. The van der Waals surface area contributed by atoms with Crippen LogP contribution in [0.3, 0.4) is 0 Å². The molecular weight excluding hydrogens is 386 g/mol. The van der Waals surface area contributed by atoms with Gasteiger partial charge in [0.05, 0.1) is 17.6 Å². The zero-order valence-corrected chi connectivity index (χ0v) is 17.1. The van der Waals surface area contributed by atoms with Crippen LogP contribution in [0.4, 0.5) is 0 Å². The molecule has 0 aromatic heterocycles. The number of carbonyl (C=O) groups excluding carboxylic acids is 1. The number of benzene rings is 1. The van der Waals surface area contributed by atoms with Crippen molar-refractivity contribution in [3.8, 4) is 0 Å². The number of methoxy groups -OCH3 is 1. The minimum Gasteiger partial charge on any atom is -0.465 e. The molecule has 0 spiro atoms. The Labute approximate surface area is 141 Å². The average Bonchev–Trinajstić information content (AvgIpc) is 2.35. The molecule has 0 amide bonds. The molecule has 0 saturated heterocycles. The van der Waals surface area contributed by atoms with Crippen LogP contribution in [0.1, 0.15) is 31.1 Å². The summed E-state index contributed by atoms with van der Waals surface area (Å²) in [6, 6.07) is 4.47. The molecule has 22 heavy (non-hydrogen) atoms. The first-order chi connectivity index (χ1) is 9.82. The fourth-order valence-electron chi connectivity index (χ4n) is 1.54.